The molecule has 64 valence electrons. The molecule has 0 aliphatic carbocycles. The van der Waals surface area contributed by atoms with E-state index in [4.69, 9.17) is 4.74 Å². The third kappa shape index (κ3) is 2.70. The fourth-order valence-electron chi connectivity index (χ4n) is 0.742. The van der Waals surface area contributed by atoms with E-state index in [1.807, 2.05) is 0 Å². The Morgan fingerprint density at radius 3 is 2.92 bits per heavy atom. The number of halogens is 1. The van der Waals surface area contributed by atoms with E-state index < -0.39 is 0 Å². The smallest absolute Gasteiger partial charge is 0.167 e. The van der Waals surface area contributed by atoms with Crippen molar-refractivity contribution >= 4 is 5.78 Å². The molecule has 0 unspecified atom stereocenters. The Bertz CT molecular complexity index is 284. The Balaban J connectivity index is 2.57. The van der Waals surface area contributed by atoms with Crippen LogP contribution in [0.2, 0.25) is 0 Å². The highest BCUT2D eigenvalue weighted by Crippen LogP contribution is 2.11. The summed E-state index contributed by atoms with van der Waals surface area (Å²) >= 11 is 0. The van der Waals surface area contributed by atoms with Crippen LogP contribution >= 0.6 is 0 Å². The van der Waals surface area contributed by atoms with Crippen molar-refractivity contribution in [1.82, 2.24) is 0 Å². The van der Waals surface area contributed by atoms with Crippen LogP contribution in [0.1, 0.15) is 6.92 Å². The van der Waals surface area contributed by atoms with Gasteiger partial charge in [0, 0.05) is 6.07 Å². The Labute approximate surface area is 70.0 Å². The van der Waals surface area contributed by atoms with Crippen molar-refractivity contribution in [3.05, 3.63) is 30.1 Å². The molecule has 0 N–H and O–H groups in total. The van der Waals surface area contributed by atoms with E-state index >= 15 is 0 Å². The van der Waals surface area contributed by atoms with Crippen molar-refractivity contribution in [3.8, 4) is 5.75 Å². The summed E-state index contributed by atoms with van der Waals surface area (Å²) in [4.78, 5) is 10.5. The second-order valence-electron chi connectivity index (χ2n) is 2.45. The molecular formula is C9H9FO2. The molecule has 0 aliphatic heterocycles. The monoisotopic (exact) mass is 168 g/mol. The van der Waals surface area contributed by atoms with Gasteiger partial charge in [0.05, 0.1) is 0 Å². The quantitative estimate of drug-likeness (QED) is 0.687. The van der Waals surface area contributed by atoms with Crippen LogP contribution in [0.5, 0.6) is 5.75 Å². The number of hydrogen-bond donors (Lipinski definition) is 0. The summed E-state index contributed by atoms with van der Waals surface area (Å²) in [5, 5.41) is 0. The highest BCUT2D eigenvalue weighted by molar-refractivity contribution is 5.77. The van der Waals surface area contributed by atoms with Crippen LogP contribution in [0.25, 0.3) is 0 Å². The van der Waals surface area contributed by atoms with E-state index in [2.05, 4.69) is 0 Å². The first-order chi connectivity index (χ1) is 5.68. The molecule has 0 aromatic heterocycles. The summed E-state index contributed by atoms with van der Waals surface area (Å²) in [6.07, 6.45) is 0. The van der Waals surface area contributed by atoms with Gasteiger partial charge < -0.3 is 4.74 Å². The maximum atomic E-state index is 12.5. The molecule has 12 heavy (non-hydrogen) atoms. The average molecular weight is 168 g/mol. The number of ketones is 1. The number of carbonyl (C=O) groups is 1. The number of hydrogen-bond acceptors (Lipinski definition) is 2. The van der Waals surface area contributed by atoms with Crippen LogP contribution in [-0.4, -0.2) is 12.4 Å². The molecule has 0 radical (unpaired) electrons. The lowest BCUT2D eigenvalue weighted by Gasteiger charge is -2.02. The van der Waals surface area contributed by atoms with Crippen LogP contribution in [0.4, 0.5) is 4.39 Å². The first kappa shape index (κ1) is 8.71. The fraction of sp³-hybridized carbons (Fsp3) is 0.222. The summed E-state index contributed by atoms with van der Waals surface area (Å²) in [6, 6.07) is 5.69. The van der Waals surface area contributed by atoms with Gasteiger partial charge in [-0.2, -0.15) is 0 Å². The van der Waals surface area contributed by atoms with Gasteiger partial charge >= 0.3 is 0 Å². The number of carbonyl (C=O) groups excluding carboxylic acids is 1. The Kier molecular flexibility index (Phi) is 2.80. The summed E-state index contributed by atoms with van der Waals surface area (Å²) < 4.78 is 17.5. The first-order valence-electron chi connectivity index (χ1n) is 3.56. The predicted molar refractivity (Wildman–Crippen MR) is 42.6 cm³/mol. The highest BCUT2D eigenvalue weighted by Gasteiger charge is 1.97. The lowest BCUT2D eigenvalue weighted by atomic mass is 10.3. The molecule has 1 aromatic rings. The molecule has 0 atom stereocenters. The van der Waals surface area contributed by atoms with Crippen LogP contribution in [0, 0.1) is 5.82 Å². The average Bonchev–Trinajstić information content (AvgIpc) is 2.01. The second-order valence-corrected chi connectivity index (χ2v) is 2.45. The van der Waals surface area contributed by atoms with E-state index in [0.717, 1.165) is 0 Å². The molecule has 2 nitrogen and oxygen atoms in total. The maximum Gasteiger partial charge on any atom is 0.167 e. The normalized spacial score (nSPS) is 9.50. The summed E-state index contributed by atoms with van der Waals surface area (Å²) in [5.41, 5.74) is 0. The molecule has 0 saturated heterocycles. The third-order valence-electron chi connectivity index (χ3n) is 1.24. The van der Waals surface area contributed by atoms with E-state index in [0.29, 0.717) is 5.75 Å². The predicted octanol–water partition coefficient (Wildman–Crippen LogP) is 1.79. The lowest BCUT2D eigenvalue weighted by Crippen LogP contribution is -2.06. The Hall–Kier alpha value is -1.38. The van der Waals surface area contributed by atoms with Gasteiger partial charge in [0.15, 0.2) is 5.78 Å². The maximum absolute atomic E-state index is 12.5. The molecule has 0 amide bonds. The number of rotatable bonds is 3. The van der Waals surface area contributed by atoms with Crippen molar-refractivity contribution in [2.45, 2.75) is 6.92 Å². The van der Waals surface area contributed by atoms with Crippen LogP contribution < -0.4 is 4.74 Å². The summed E-state index contributed by atoms with van der Waals surface area (Å²) in [6.45, 7) is 1.41. The van der Waals surface area contributed by atoms with Crippen molar-refractivity contribution in [2.24, 2.45) is 0 Å². The van der Waals surface area contributed by atoms with Crippen LogP contribution in [-0.2, 0) is 4.79 Å². The van der Waals surface area contributed by atoms with Crippen molar-refractivity contribution in [2.75, 3.05) is 6.61 Å². The largest absolute Gasteiger partial charge is 0.486 e. The molecule has 3 heteroatoms. The van der Waals surface area contributed by atoms with Crippen molar-refractivity contribution < 1.29 is 13.9 Å². The van der Waals surface area contributed by atoms with Crippen molar-refractivity contribution in [1.29, 1.82) is 0 Å². The van der Waals surface area contributed by atoms with Gasteiger partial charge in [-0.1, -0.05) is 6.07 Å². The zero-order valence-electron chi connectivity index (χ0n) is 6.71. The Morgan fingerprint density at radius 2 is 2.33 bits per heavy atom. The SMILES string of the molecule is CC(=O)COc1cccc(F)c1. The van der Waals surface area contributed by atoms with Crippen molar-refractivity contribution in [3.63, 3.8) is 0 Å². The van der Waals surface area contributed by atoms with Gasteiger partial charge in [-0.05, 0) is 19.1 Å². The molecule has 0 fully saturated rings. The molecule has 1 aromatic carbocycles. The number of Topliss-reactive ketones (excluding diaryl/α,β-unsaturated/α-hetero) is 1. The molecule has 0 bridgehead atoms. The van der Waals surface area contributed by atoms with Gasteiger partial charge in [0.25, 0.3) is 0 Å². The summed E-state index contributed by atoms with van der Waals surface area (Å²) in [7, 11) is 0. The van der Waals surface area contributed by atoms with Gasteiger partial charge in [0.2, 0.25) is 0 Å². The summed E-state index contributed by atoms with van der Waals surface area (Å²) in [5.74, 6) is -0.0690. The molecule has 0 spiro atoms. The van der Waals surface area contributed by atoms with Gasteiger partial charge in [-0.25, -0.2) is 4.39 Å². The Morgan fingerprint density at radius 1 is 1.58 bits per heavy atom. The molecule has 0 heterocycles. The standard InChI is InChI=1S/C9H9FO2/c1-7(11)6-12-9-4-2-3-8(10)5-9/h2-5H,6H2,1H3. The van der Waals surface area contributed by atoms with E-state index in [-0.39, 0.29) is 18.2 Å². The second kappa shape index (κ2) is 3.85. The first-order valence-corrected chi connectivity index (χ1v) is 3.56. The van der Waals surface area contributed by atoms with E-state index in [9.17, 15) is 9.18 Å². The van der Waals surface area contributed by atoms with Gasteiger partial charge in [0.1, 0.15) is 18.2 Å². The van der Waals surface area contributed by atoms with Gasteiger partial charge in [-0.3, -0.25) is 4.79 Å². The highest BCUT2D eigenvalue weighted by atomic mass is 19.1. The minimum Gasteiger partial charge on any atom is -0.486 e. The molecule has 1 rings (SSSR count). The lowest BCUT2D eigenvalue weighted by molar-refractivity contribution is -0.118. The van der Waals surface area contributed by atoms with Crippen LogP contribution in [0.15, 0.2) is 24.3 Å². The fourth-order valence-corrected chi connectivity index (χ4v) is 0.742. The zero-order chi connectivity index (χ0) is 8.97. The molecule has 0 saturated carbocycles. The van der Waals surface area contributed by atoms with Gasteiger partial charge in [-0.15, -0.1) is 0 Å². The topological polar surface area (TPSA) is 26.3 Å². The zero-order valence-corrected chi connectivity index (χ0v) is 6.71. The van der Waals surface area contributed by atoms with Crippen LogP contribution in [0.3, 0.4) is 0 Å². The minimum absolute atomic E-state index is 0.0105. The molecule has 0 aliphatic rings. The van der Waals surface area contributed by atoms with E-state index in [1.165, 1.54) is 25.1 Å². The number of ether oxygens (including phenoxy) is 1. The third-order valence-corrected chi connectivity index (χ3v) is 1.24. The minimum atomic E-state index is -0.365. The number of benzene rings is 1. The van der Waals surface area contributed by atoms with E-state index in [1.54, 1.807) is 6.07 Å². The molecular weight excluding hydrogens is 159 g/mol.